The van der Waals surface area contributed by atoms with Gasteiger partial charge in [0.15, 0.2) is 0 Å². The van der Waals surface area contributed by atoms with Crippen molar-refractivity contribution in [3.05, 3.63) is 71.4 Å². The molecule has 0 aliphatic carbocycles. The lowest BCUT2D eigenvalue weighted by Crippen LogP contribution is -2.33. The van der Waals surface area contributed by atoms with Crippen molar-refractivity contribution in [2.75, 3.05) is 26.7 Å². The summed E-state index contributed by atoms with van der Waals surface area (Å²) in [6.07, 6.45) is 3.61. The number of ether oxygens (including phenoxy) is 1. The molecule has 0 bridgehead atoms. The number of carbonyl (C=O) groups excluding carboxylic acids is 2. The molecular formula is C28H38N4O3. The van der Waals surface area contributed by atoms with Crippen molar-refractivity contribution in [2.45, 2.75) is 45.8 Å². The Hall–Kier alpha value is -3.32. The molecule has 188 valence electrons. The number of likely N-dealkylation sites (N-methyl/N-ethyl adjacent to an activating group) is 1. The molecule has 35 heavy (non-hydrogen) atoms. The highest BCUT2D eigenvalue weighted by atomic mass is 16.6. The van der Waals surface area contributed by atoms with Crippen molar-refractivity contribution in [3.8, 4) is 0 Å². The molecule has 0 saturated heterocycles. The van der Waals surface area contributed by atoms with Crippen LogP contribution in [0.3, 0.4) is 0 Å². The summed E-state index contributed by atoms with van der Waals surface area (Å²) in [5, 5.41) is 6.88. The van der Waals surface area contributed by atoms with Crippen LogP contribution in [0.15, 0.2) is 54.7 Å². The molecule has 0 radical (unpaired) electrons. The molecule has 3 aromatic rings. The average molecular weight is 479 g/mol. The second kappa shape index (κ2) is 11.9. The fourth-order valence-electron chi connectivity index (χ4n) is 3.86. The van der Waals surface area contributed by atoms with Crippen molar-refractivity contribution in [2.24, 2.45) is 7.05 Å². The van der Waals surface area contributed by atoms with E-state index in [4.69, 9.17) is 4.74 Å². The highest BCUT2D eigenvalue weighted by molar-refractivity contribution is 5.98. The molecule has 0 saturated carbocycles. The number of aromatic nitrogens is 1. The van der Waals surface area contributed by atoms with E-state index in [2.05, 4.69) is 34.7 Å². The van der Waals surface area contributed by atoms with Crippen molar-refractivity contribution < 1.29 is 14.3 Å². The summed E-state index contributed by atoms with van der Waals surface area (Å²) in [5.74, 6) is -0.0367. The normalized spacial score (nSPS) is 11.6. The van der Waals surface area contributed by atoms with E-state index in [-0.39, 0.29) is 5.91 Å². The number of carbonyl (C=O) groups is 2. The quantitative estimate of drug-likeness (QED) is 0.450. The third-order valence-electron chi connectivity index (χ3n) is 5.79. The first-order chi connectivity index (χ1) is 16.6. The van der Waals surface area contributed by atoms with Crippen LogP contribution < -0.4 is 10.6 Å². The fraction of sp³-hybridized carbons (Fsp3) is 0.429. The van der Waals surface area contributed by atoms with Crippen LogP contribution in [0.4, 0.5) is 4.79 Å². The molecule has 2 amide bonds. The Morgan fingerprint density at radius 1 is 0.971 bits per heavy atom. The van der Waals surface area contributed by atoms with Gasteiger partial charge in [-0.15, -0.1) is 0 Å². The Bertz CT molecular complexity index is 1130. The molecule has 7 heteroatoms. The van der Waals surface area contributed by atoms with Gasteiger partial charge in [-0.3, -0.25) is 4.79 Å². The monoisotopic (exact) mass is 478 g/mol. The van der Waals surface area contributed by atoms with Crippen molar-refractivity contribution in [1.29, 1.82) is 0 Å². The summed E-state index contributed by atoms with van der Waals surface area (Å²) in [4.78, 5) is 26.5. The summed E-state index contributed by atoms with van der Waals surface area (Å²) in [7, 11) is 4.08. The smallest absolute Gasteiger partial charge is 0.407 e. The van der Waals surface area contributed by atoms with Gasteiger partial charge in [-0.05, 0) is 82.6 Å². The molecular weight excluding hydrogens is 440 g/mol. The SMILES string of the molecule is CN(CCCc1ccc(CNC(=O)OC(C)(C)C)cc1)CCNC(=O)c1ccc2c(ccn2C)c1. The second-order valence-corrected chi connectivity index (χ2v) is 10.0. The maximum absolute atomic E-state index is 12.5. The number of nitrogens with one attached hydrogen (secondary N) is 2. The average Bonchev–Trinajstić information content (AvgIpc) is 3.17. The van der Waals surface area contributed by atoms with Crippen LogP contribution in [0, 0.1) is 0 Å². The van der Waals surface area contributed by atoms with Crippen molar-refractivity contribution in [1.82, 2.24) is 20.1 Å². The molecule has 0 aliphatic rings. The van der Waals surface area contributed by atoms with Crippen LogP contribution in [0.5, 0.6) is 0 Å². The van der Waals surface area contributed by atoms with E-state index in [9.17, 15) is 9.59 Å². The number of benzene rings is 2. The van der Waals surface area contributed by atoms with Gasteiger partial charge in [-0.1, -0.05) is 24.3 Å². The molecule has 2 N–H and O–H groups in total. The minimum Gasteiger partial charge on any atom is -0.444 e. The Labute approximate surface area is 208 Å². The molecule has 3 rings (SSSR count). The first-order valence-corrected chi connectivity index (χ1v) is 12.2. The largest absolute Gasteiger partial charge is 0.444 e. The second-order valence-electron chi connectivity index (χ2n) is 10.0. The number of nitrogens with zero attached hydrogens (tertiary/aromatic N) is 2. The molecule has 0 aliphatic heterocycles. The molecule has 0 spiro atoms. The first kappa shape index (κ1) is 26.3. The van der Waals surface area contributed by atoms with Crippen LogP contribution in [0.2, 0.25) is 0 Å². The van der Waals surface area contributed by atoms with E-state index in [1.807, 2.05) is 75.0 Å². The predicted molar refractivity (Wildman–Crippen MR) is 141 cm³/mol. The third-order valence-corrected chi connectivity index (χ3v) is 5.79. The number of amides is 2. The first-order valence-electron chi connectivity index (χ1n) is 12.2. The van der Waals surface area contributed by atoms with E-state index < -0.39 is 11.7 Å². The maximum Gasteiger partial charge on any atom is 0.407 e. The fourth-order valence-corrected chi connectivity index (χ4v) is 3.86. The Morgan fingerprint density at radius 2 is 1.69 bits per heavy atom. The Kier molecular flexibility index (Phi) is 8.93. The third kappa shape index (κ3) is 8.44. The minimum atomic E-state index is -0.496. The zero-order valence-electron chi connectivity index (χ0n) is 21.6. The summed E-state index contributed by atoms with van der Waals surface area (Å²) >= 11 is 0. The van der Waals surface area contributed by atoms with Crippen LogP contribution in [-0.2, 0) is 24.8 Å². The van der Waals surface area contributed by atoms with Gasteiger partial charge in [0.05, 0.1) is 0 Å². The van der Waals surface area contributed by atoms with E-state index in [0.29, 0.717) is 18.7 Å². The van der Waals surface area contributed by atoms with Gasteiger partial charge in [0, 0.05) is 49.3 Å². The molecule has 1 heterocycles. The molecule has 2 aromatic carbocycles. The number of aryl methyl sites for hydroxylation is 2. The number of fused-ring (bicyclic) bond motifs is 1. The highest BCUT2D eigenvalue weighted by Crippen LogP contribution is 2.16. The van der Waals surface area contributed by atoms with E-state index in [1.54, 1.807) is 0 Å². The highest BCUT2D eigenvalue weighted by Gasteiger charge is 2.15. The minimum absolute atomic E-state index is 0.0367. The lowest BCUT2D eigenvalue weighted by atomic mass is 10.1. The van der Waals surface area contributed by atoms with Crippen LogP contribution in [0.25, 0.3) is 10.9 Å². The lowest BCUT2D eigenvalue weighted by Gasteiger charge is -2.19. The Balaban J connectivity index is 1.32. The van der Waals surface area contributed by atoms with Crippen LogP contribution >= 0.6 is 0 Å². The molecule has 0 atom stereocenters. The number of hydrogen-bond donors (Lipinski definition) is 2. The summed E-state index contributed by atoms with van der Waals surface area (Å²) in [6.45, 7) is 8.36. The predicted octanol–water partition coefficient (Wildman–Crippen LogP) is 4.50. The Morgan fingerprint density at radius 3 is 2.40 bits per heavy atom. The lowest BCUT2D eigenvalue weighted by molar-refractivity contribution is 0.0523. The van der Waals surface area contributed by atoms with Crippen molar-refractivity contribution in [3.63, 3.8) is 0 Å². The van der Waals surface area contributed by atoms with Gasteiger partial charge < -0.3 is 24.8 Å². The summed E-state index contributed by atoms with van der Waals surface area (Å²) in [5.41, 5.74) is 3.62. The maximum atomic E-state index is 12.5. The van der Waals surface area contributed by atoms with E-state index in [0.717, 1.165) is 42.4 Å². The molecule has 7 nitrogen and oxygen atoms in total. The van der Waals surface area contributed by atoms with E-state index in [1.165, 1.54) is 5.56 Å². The molecule has 0 fully saturated rings. The van der Waals surface area contributed by atoms with Crippen molar-refractivity contribution >= 4 is 22.9 Å². The van der Waals surface area contributed by atoms with Crippen LogP contribution in [0.1, 0.15) is 48.7 Å². The van der Waals surface area contributed by atoms with Crippen LogP contribution in [-0.4, -0.2) is 53.8 Å². The zero-order chi connectivity index (χ0) is 25.4. The van der Waals surface area contributed by atoms with Gasteiger partial charge in [0.2, 0.25) is 0 Å². The van der Waals surface area contributed by atoms with Gasteiger partial charge in [0.1, 0.15) is 5.60 Å². The number of hydrogen-bond acceptors (Lipinski definition) is 4. The van der Waals surface area contributed by atoms with Gasteiger partial charge >= 0.3 is 6.09 Å². The summed E-state index contributed by atoms with van der Waals surface area (Å²) in [6, 6.07) is 16.1. The van der Waals surface area contributed by atoms with E-state index >= 15 is 0 Å². The van der Waals surface area contributed by atoms with Gasteiger partial charge in [-0.25, -0.2) is 4.79 Å². The standard InChI is InChI=1S/C28H38N4O3/c1-28(2,3)35-27(34)30-20-22-10-8-21(9-11-22)7-6-16-31(4)18-15-29-26(33)24-12-13-25-23(19-24)14-17-32(25)5/h8-14,17,19H,6-7,15-16,18,20H2,1-5H3,(H,29,33)(H,30,34). The molecule has 1 aromatic heterocycles. The topological polar surface area (TPSA) is 75.6 Å². The van der Waals surface area contributed by atoms with Gasteiger partial charge in [-0.2, -0.15) is 0 Å². The molecule has 0 unspecified atom stereocenters. The van der Waals surface area contributed by atoms with Gasteiger partial charge in [0.25, 0.3) is 5.91 Å². The zero-order valence-corrected chi connectivity index (χ0v) is 21.6. The number of rotatable bonds is 10. The summed E-state index contributed by atoms with van der Waals surface area (Å²) < 4.78 is 7.31. The number of alkyl carbamates (subject to hydrolysis) is 1.